The van der Waals surface area contributed by atoms with Crippen LogP contribution in [0.3, 0.4) is 0 Å². The maximum atomic E-state index is 12.7. The largest absolute Gasteiger partial charge is 0.416 e. The Morgan fingerprint density at radius 3 is 2.30 bits per heavy atom. The highest BCUT2D eigenvalue weighted by molar-refractivity contribution is 5.54. The Balaban J connectivity index is 1.47. The highest BCUT2D eigenvalue weighted by Gasteiger charge is 2.31. The van der Waals surface area contributed by atoms with E-state index in [1.807, 2.05) is 18.2 Å². The quantitative estimate of drug-likeness (QED) is 0.615. The Hall–Kier alpha value is -2.67. The molecule has 2 aromatic carbocycles. The summed E-state index contributed by atoms with van der Waals surface area (Å²) in [4.78, 5) is 6.65. The van der Waals surface area contributed by atoms with Gasteiger partial charge in [0.15, 0.2) is 0 Å². The molecule has 0 unspecified atom stereocenters. The Labute approximate surface area is 154 Å². The van der Waals surface area contributed by atoms with Crippen LogP contribution in [0.1, 0.15) is 29.9 Å². The lowest BCUT2D eigenvalue weighted by Gasteiger charge is -2.19. The second kappa shape index (κ2) is 7.15. The topological polar surface area (TPSA) is 42.2 Å². The van der Waals surface area contributed by atoms with E-state index in [1.165, 1.54) is 17.7 Å². The number of alkyl halides is 3. The normalized spacial score (nSPS) is 14.7. The van der Waals surface area contributed by atoms with Crippen molar-refractivity contribution in [2.24, 2.45) is 0 Å². The molecule has 140 valence electrons. The van der Waals surface area contributed by atoms with Crippen molar-refractivity contribution in [3.05, 3.63) is 71.6 Å². The lowest BCUT2D eigenvalue weighted by Crippen LogP contribution is -2.25. The van der Waals surface area contributed by atoms with Crippen LogP contribution in [0.2, 0.25) is 0 Å². The molecule has 27 heavy (non-hydrogen) atoms. The van der Waals surface area contributed by atoms with E-state index >= 15 is 0 Å². The van der Waals surface area contributed by atoms with Crippen molar-refractivity contribution in [2.75, 3.05) is 0 Å². The van der Waals surface area contributed by atoms with E-state index in [1.54, 1.807) is 0 Å². The molecule has 1 aliphatic rings. The van der Waals surface area contributed by atoms with Crippen LogP contribution >= 0.6 is 0 Å². The fraction of sp³-hybridized carbons (Fsp3) is 0.300. The van der Waals surface area contributed by atoms with Crippen LogP contribution in [-0.4, -0.2) is 21.1 Å². The van der Waals surface area contributed by atoms with Crippen molar-refractivity contribution in [2.45, 2.75) is 38.1 Å². The first-order valence-corrected chi connectivity index (χ1v) is 8.77. The van der Waals surface area contributed by atoms with Crippen molar-refractivity contribution in [1.29, 1.82) is 0 Å². The molecule has 1 aliphatic carbocycles. The minimum absolute atomic E-state index is 0.300. The molecule has 1 saturated carbocycles. The van der Waals surface area contributed by atoms with Crippen LogP contribution in [0.5, 0.6) is 0 Å². The second-order valence-corrected chi connectivity index (χ2v) is 6.71. The molecule has 1 aromatic heterocycles. The molecule has 4 nitrogen and oxygen atoms in total. The maximum Gasteiger partial charge on any atom is 0.416 e. The molecule has 0 atom stereocenters. The summed E-state index contributed by atoms with van der Waals surface area (Å²) in [5, 5.41) is 3.92. The van der Waals surface area contributed by atoms with Crippen molar-refractivity contribution >= 4 is 0 Å². The SMILES string of the molecule is FC(F)(F)c1ccc(-c2noc(CN(Cc3ccccc3)C3CC3)n2)cc1. The first-order valence-electron chi connectivity index (χ1n) is 8.77. The van der Waals surface area contributed by atoms with Crippen LogP contribution in [0.25, 0.3) is 11.4 Å². The molecule has 4 rings (SSSR count). The Morgan fingerprint density at radius 2 is 1.67 bits per heavy atom. The smallest absolute Gasteiger partial charge is 0.338 e. The lowest BCUT2D eigenvalue weighted by molar-refractivity contribution is -0.137. The Morgan fingerprint density at radius 1 is 0.963 bits per heavy atom. The number of rotatable bonds is 6. The van der Waals surface area contributed by atoms with Crippen molar-refractivity contribution in [3.63, 3.8) is 0 Å². The van der Waals surface area contributed by atoms with Crippen LogP contribution < -0.4 is 0 Å². The van der Waals surface area contributed by atoms with Gasteiger partial charge in [0.1, 0.15) is 0 Å². The molecule has 0 N–H and O–H groups in total. The monoisotopic (exact) mass is 373 g/mol. The van der Waals surface area contributed by atoms with Gasteiger partial charge in [-0.05, 0) is 30.5 Å². The number of hydrogen-bond acceptors (Lipinski definition) is 4. The van der Waals surface area contributed by atoms with Crippen molar-refractivity contribution in [1.82, 2.24) is 15.0 Å². The van der Waals surface area contributed by atoms with E-state index in [0.29, 0.717) is 29.9 Å². The average Bonchev–Trinajstić information content (AvgIpc) is 3.41. The predicted molar refractivity (Wildman–Crippen MR) is 93.4 cm³/mol. The van der Waals surface area contributed by atoms with Crippen LogP contribution in [0, 0.1) is 0 Å². The third-order valence-electron chi connectivity index (χ3n) is 4.57. The van der Waals surface area contributed by atoms with Crippen LogP contribution in [-0.2, 0) is 19.3 Å². The molecule has 1 heterocycles. The summed E-state index contributed by atoms with van der Waals surface area (Å²) in [7, 11) is 0. The van der Waals surface area contributed by atoms with Gasteiger partial charge in [-0.1, -0.05) is 47.6 Å². The zero-order valence-electron chi connectivity index (χ0n) is 14.5. The first-order chi connectivity index (χ1) is 13.0. The molecule has 0 saturated heterocycles. The minimum atomic E-state index is -4.36. The summed E-state index contributed by atoms with van der Waals surface area (Å²) < 4.78 is 43.4. The highest BCUT2D eigenvalue weighted by Crippen LogP contribution is 2.31. The summed E-state index contributed by atoms with van der Waals surface area (Å²) in [5.74, 6) is 0.766. The third kappa shape index (κ3) is 4.36. The lowest BCUT2D eigenvalue weighted by atomic mass is 10.1. The van der Waals surface area contributed by atoms with Crippen molar-refractivity contribution < 1.29 is 17.7 Å². The molecule has 7 heteroatoms. The average molecular weight is 373 g/mol. The van der Waals surface area contributed by atoms with Gasteiger partial charge in [-0.25, -0.2) is 0 Å². The Bertz CT molecular complexity index is 887. The standard InChI is InChI=1S/C20H18F3N3O/c21-20(22,23)16-8-6-15(7-9-16)19-24-18(27-25-19)13-26(17-10-11-17)12-14-4-2-1-3-5-14/h1-9,17H,10-13H2. The Kier molecular flexibility index (Phi) is 4.70. The third-order valence-corrected chi connectivity index (χ3v) is 4.57. The fourth-order valence-corrected chi connectivity index (χ4v) is 2.99. The van der Waals surface area contributed by atoms with Gasteiger partial charge in [0.25, 0.3) is 0 Å². The van der Waals surface area contributed by atoms with Gasteiger partial charge in [-0.15, -0.1) is 0 Å². The summed E-state index contributed by atoms with van der Waals surface area (Å²) in [6.45, 7) is 1.32. The van der Waals surface area contributed by atoms with Gasteiger partial charge in [0, 0.05) is 18.2 Å². The van der Waals surface area contributed by atoms with Gasteiger partial charge in [0.2, 0.25) is 11.7 Å². The zero-order chi connectivity index (χ0) is 18.9. The van der Waals surface area contributed by atoms with Gasteiger partial charge in [-0.2, -0.15) is 18.2 Å². The number of halogens is 3. The van der Waals surface area contributed by atoms with Gasteiger partial charge in [-0.3, -0.25) is 4.90 Å². The van der Waals surface area contributed by atoms with Crippen LogP contribution in [0.15, 0.2) is 59.1 Å². The maximum absolute atomic E-state index is 12.7. The number of nitrogens with zero attached hydrogens (tertiary/aromatic N) is 3. The minimum Gasteiger partial charge on any atom is -0.338 e. The predicted octanol–water partition coefficient (Wildman–Crippen LogP) is 4.92. The summed E-state index contributed by atoms with van der Waals surface area (Å²) in [6.07, 6.45) is -2.07. The summed E-state index contributed by atoms with van der Waals surface area (Å²) >= 11 is 0. The van der Waals surface area contributed by atoms with E-state index in [2.05, 4.69) is 27.2 Å². The van der Waals surface area contributed by atoms with Crippen LogP contribution in [0.4, 0.5) is 13.2 Å². The molecule has 1 fully saturated rings. The highest BCUT2D eigenvalue weighted by atomic mass is 19.4. The molecular weight excluding hydrogens is 355 g/mol. The molecule has 0 bridgehead atoms. The molecule has 0 spiro atoms. The zero-order valence-corrected chi connectivity index (χ0v) is 14.5. The fourth-order valence-electron chi connectivity index (χ4n) is 2.99. The van der Waals surface area contributed by atoms with Gasteiger partial charge < -0.3 is 4.52 Å². The number of hydrogen-bond donors (Lipinski definition) is 0. The second-order valence-electron chi connectivity index (χ2n) is 6.71. The summed E-state index contributed by atoms with van der Waals surface area (Å²) in [5.41, 5.74) is 1.02. The van der Waals surface area contributed by atoms with Crippen molar-refractivity contribution in [3.8, 4) is 11.4 Å². The van der Waals surface area contributed by atoms with E-state index in [-0.39, 0.29) is 0 Å². The van der Waals surface area contributed by atoms with Gasteiger partial charge >= 0.3 is 6.18 Å². The van der Waals surface area contributed by atoms with E-state index in [9.17, 15) is 13.2 Å². The number of aromatic nitrogens is 2. The molecule has 0 radical (unpaired) electrons. The first kappa shape index (κ1) is 17.7. The molecule has 0 amide bonds. The van der Waals surface area contributed by atoms with E-state index in [4.69, 9.17) is 4.52 Å². The van der Waals surface area contributed by atoms with E-state index < -0.39 is 11.7 Å². The van der Waals surface area contributed by atoms with Gasteiger partial charge in [0.05, 0.1) is 12.1 Å². The van der Waals surface area contributed by atoms with E-state index in [0.717, 1.165) is 31.5 Å². The molecule has 0 aliphatic heterocycles. The molecule has 3 aromatic rings. The number of benzene rings is 2. The summed E-state index contributed by atoms with van der Waals surface area (Å²) in [6, 6.07) is 15.4. The molecular formula is C20H18F3N3O.